The van der Waals surface area contributed by atoms with Crippen molar-refractivity contribution in [2.24, 2.45) is 0 Å². The maximum atomic E-state index is 11.4. The second kappa shape index (κ2) is 9.87. The zero-order valence-corrected chi connectivity index (χ0v) is 18.3. The zero-order valence-electron chi connectivity index (χ0n) is 17.5. The van der Waals surface area contributed by atoms with Gasteiger partial charge >= 0.3 is 5.97 Å². The van der Waals surface area contributed by atoms with Crippen molar-refractivity contribution < 1.29 is 14.6 Å². The fourth-order valence-electron chi connectivity index (χ4n) is 3.80. The number of fused-ring (bicyclic) bond motifs is 1. The van der Waals surface area contributed by atoms with Crippen LogP contribution >= 0.6 is 11.3 Å². The number of aromatic nitrogens is 3. The Labute approximate surface area is 185 Å². The average Bonchev–Trinajstić information content (AvgIpc) is 3.26. The molecular formula is C23H26N4O3S. The normalized spacial score (nSPS) is 13.8. The number of methoxy groups -OCH3 is 1. The number of anilines is 1. The topological polar surface area (TPSA) is 97.2 Å². The summed E-state index contributed by atoms with van der Waals surface area (Å²) in [5, 5.41) is 15.6. The van der Waals surface area contributed by atoms with Gasteiger partial charge in [0, 0.05) is 35.8 Å². The number of ether oxygens (including phenoxy) is 1. The Morgan fingerprint density at radius 3 is 2.87 bits per heavy atom. The maximum Gasteiger partial charge on any atom is 0.304 e. The van der Waals surface area contributed by atoms with E-state index < -0.39 is 5.97 Å². The number of aryl methyl sites for hydroxylation is 3. The number of nitrogens with one attached hydrogen (secondary N) is 1. The lowest BCUT2D eigenvalue weighted by Gasteiger charge is -2.17. The van der Waals surface area contributed by atoms with Crippen LogP contribution in [0.2, 0.25) is 0 Å². The summed E-state index contributed by atoms with van der Waals surface area (Å²) < 4.78 is 5.10. The van der Waals surface area contributed by atoms with Crippen LogP contribution in [0.5, 0.6) is 5.88 Å². The quantitative estimate of drug-likeness (QED) is 0.519. The molecular weight excluding hydrogens is 412 g/mol. The van der Waals surface area contributed by atoms with Gasteiger partial charge in [-0.25, -0.2) is 15.0 Å². The highest BCUT2D eigenvalue weighted by molar-refractivity contribution is 7.09. The fraction of sp³-hybridized carbons (Fsp3) is 0.391. The minimum atomic E-state index is -0.857. The molecule has 1 aliphatic rings. The number of hydrogen-bond donors (Lipinski definition) is 2. The Balaban J connectivity index is 1.40. The highest BCUT2D eigenvalue weighted by Crippen LogP contribution is 2.31. The van der Waals surface area contributed by atoms with Crippen molar-refractivity contribution >= 4 is 23.1 Å². The molecule has 7 nitrogen and oxygen atoms in total. The van der Waals surface area contributed by atoms with E-state index >= 15 is 0 Å². The van der Waals surface area contributed by atoms with Gasteiger partial charge in [-0.3, -0.25) is 4.79 Å². The predicted octanol–water partition coefficient (Wildman–Crippen LogP) is 4.08. The third-order valence-electron chi connectivity index (χ3n) is 5.43. The summed E-state index contributed by atoms with van der Waals surface area (Å²) in [7, 11) is 1.56. The van der Waals surface area contributed by atoms with E-state index in [1.54, 1.807) is 19.4 Å². The van der Waals surface area contributed by atoms with Gasteiger partial charge in [-0.05, 0) is 49.3 Å². The molecule has 0 amide bonds. The number of carbonyl (C=O) groups is 1. The Morgan fingerprint density at radius 2 is 2.10 bits per heavy atom. The molecule has 1 atom stereocenters. The number of aliphatic carboxylic acids is 1. The van der Waals surface area contributed by atoms with Gasteiger partial charge in [0.2, 0.25) is 5.88 Å². The molecule has 1 aliphatic heterocycles. The number of pyridine rings is 2. The van der Waals surface area contributed by atoms with Crippen molar-refractivity contribution in [2.45, 2.75) is 44.4 Å². The maximum absolute atomic E-state index is 11.4. The molecule has 0 bridgehead atoms. The van der Waals surface area contributed by atoms with E-state index in [2.05, 4.69) is 22.4 Å². The minimum Gasteiger partial charge on any atom is -0.481 e. The summed E-state index contributed by atoms with van der Waals surface area (Å²) in [6.45, 7) is 0.992. The van der Waals surface area contributed by atoms with Crippen LogP contribution in [0.3, 0.4) is 0 Å². The summed E-state index contributed by atoms with van der Waals surface area (Å²) >= 11 is 1.51. The second-order valence-corrected chi connectivity index (χ2v) is 8.55. The molecule has 0 fully saturated rings. The molecule has 2 N–H and O–H groups in total. The highest BCUT2D eigenvalue weighted by atomic mass is 32.1. The van der Waals surface area contributed by atoms with Gasteiger partial charge in [-0.15, -0.1) is 11.3 Å². The lowest BCUT2D eigenvalue weighted by molar-refractivity contribution is -0.137. The Hall–Kier alpha value is -3.00. The summed E-state index contributed by atoms with van der Waals surface area (Å²) in [4.78, 5) is 25.2. The molecule has 0 unspecified atom stereocenters. The van der Waals surface area contributed by atoms with E-state index in [0.29, 0.717) is 5.88 Å². The molecule has 3 aromatic heterocycles. The minimum absolute atomic E-state index is 0.0208. The molecule has 0 spiro atoms. The zero-order chi connectivity index (χ0) is 21.6. The Bertz CT molecular complexity index is 1040. The van der Waals surface area contributed by atoms with E-state index in [1.165, 1.54) is 16.9 Å². The van der Waals surface area contributed by atoms with Crippen LogP contribution in [0.1, 0.15) is 52.7 Å². The molecule has 8 heteroatoms. The van der Waals surface area contributed by atoms with E-state index in [9.17, 15) is 9.90 Å². The van der Waals surface area contributed by atoms with Gasteiger partial charge in [0.15, 0.2) is 0 Å². The monoisotopic (exact) mass is 438 g/mol. The standard InChI is InChI=1S/C23H26N4O3S/c1-30-20-10-8-16(13-25-20)19(12-21(28)29)23-27-18(14-31-23)6-2-5-17-9-7-15-4-3-11-24-22(15)26-17/h7-10,13-14,19H,2-6,11-12H2,1H3,(H,24,26)(H,28,29)/t19-/m0/s1. The summed E-state index contributed by atoms with van der Waals surface area (Å²) in [5.74, 6) is 0.362. The highest BCUT2D eigenvalue weighted by Gasteiger charge is 2.22. The largest absolute Gasteiger partial charge is 0.481 e. The molecule has 0 saturated heterocycles. The van der Waals surface area contributed by atoms with Crippen molar-refractivity contribution in [3.8, 4) is 5.88 Å². The van der Waals surface area contributed by atoms with Crippen molar-refractivity contribution in [3.63, 3.8) is 0 Å². The first-order chi connectivity index (χ1) is 15.1. The molecule has 31 heavy (non-hydrogen) atoms. The van der Waals surface area contributed by atoms with Crippen LogP contribution in [0.15, 0.2) is 35.8 Å². The predicted molar refractivity (Wildman–Crippen MR) is 120 cm³/mol. The van der Waals surface area contributed by atoms with Crippen molar-refractivity contribution in [3.05, 3.63) is 63.4 Å². The van der Waals surface area contributed by atoms with Crippen LogP contribution in [0.4, 0.5) is 5.82 Å². The third-order valence-corrected chi connectivity index (χ3v) is 6.44. The molecule has 4 heterocycles. The number of nitrogens with zero attached hydrogens (tertiary/aromatic N) is 3. The fourth-order valence-corrected chi connectivity index (χ4v) is 4.78. The number of carboxylic acids is 1. The van der Waals surface area contributed by atoms with Crippen LogP contribution in [0.25, 0.3) is 0 Å². The SMILES string of the molecule is COc1ccc([C@H](CC(=O)O)c2nc(CCCc3ccc4c(n3)NCCC4)cs2)cn1. The van der Waals surface area contributed by atoms with Crippen LogP contribution < -0.4 is 10.1 Å². The van der Waals surface area contributed by atoms with Crippen LogP contribution in [-0.2, 0) is 24.1 Å². The van der Waals surface area contributed by atoms with Crippen molar-refractivity contribution in [1.29, 1.82) is 0 Å². The number of carboxylic acid groups (broad SMARTS) is 1. The molecule has 0 saturated carbocycles. The van der Waals surface area contributed by atoms with Crippen LogP contribution in [-0.4, -0.2) is 39.7 Å². The molecule has 3 aromatic rings. The number of rotatable bonds is 9. The van der Waals surface area contributed by atoms with Gasteiger partial charge in [0.1, 0.15) is 10.8 Å². The Morgan fingerprint density at radius 1 is 1.23 bits per heavy atom. The molecule has 0 radical (unpaired) electrons. The summed E-state index contributed by atoms with van der Waals surface area (Å²) in [6, 6.07) is 7.91. The molecule has 0 aromatic carbocycles. The average molecular weight is 439 g/mol. The van der Waals surface area contributed by atoms with E-state index in [1.807, 2.05) is 11.4 Å². The van der Waals surface area contributed by atoms with Crippen molar-refractivity contribution in [1.82, 2.24) is 15.0 Å². The Kier molecular flexibility index (Phi) is 6.76. The molecule has 4 rings (SSSR count). The first-order valence-corrected chi connectivity index (χ1v) is 11.4. The number of thiazole rings is 1. The lowest BCUT2D eigenvalue weighted by atomic mass is 9.98. The second-order valence-electron chi connectivity index (χ2n) is 7.66. The van der Waals surface area contributed by atoms with Gasteiger partial charge in [0.05, 0.1) is 19.2 Å². The van der Waals surface area contributed by atoms with E-state index in [0.717, 1.165) is 66.4 Å². The summed E-state index contributed by atoms with van der Waals surface area (Å²) in [5.41, 5.74) is 4.22. The smallest absolute Gasteiger partial charge is 0.304 e. The van der Waals surface area contributed by atoms with Crippen molar-refractivity contribution in [2.75, 3.05) is 19.0 Å². The first kappa shape index (κ1) is 21.2. The van der Waals surface area contributed by atoms with E-state index in [-0.39, 0.29) is 12.3 Å². The van der Waals surface area contributed by atoms with E-state index in [4.69, 9.17) is 14.7 Å². The van der Waals surface area contributed by atoms with Crippen LogP contribution in [0, 0.1) is 0 Å². The van der Waals surface area contributed by atoms with Gasteiger partial charge in [0.25, 0.3) is 0 Å². The molecule has 162 valence electrons. The summed E-state index contributed by atoms with van der Waals surface area (Å²) in [6.07, 6.45) is 6.58. The third kappa shape index (κ3) is 5.38. The number of hydrogen-bond acceptors (Lipinski definition) is 7. The van der Waals surface area contributed by atoms with Gasteiger partial charge in [-0.1, -0.05) is 12.1 Å². The van der Waals surface area contributed by atoms with Gasteiger partial charge < -0.3 is 15.2 Å². The first-order valence-electron chi connectivity index (χ1n) is 10.5. The lowest BCUT2D eigenvalue weighted by Crippen LogP contribution is -2.14. The molecule has 0 aliphatic carbocycles. The van der Waals surface area contributed by atoms with Gasteiger partial charge in [-0.2, -0.15) is 0 Å².